The maximum Gasteiger partial charge on any atom is 0.308 e. The van der Waals surface area contributed by atoms with Crippen molar-refractivity contribution >= 4 is 46.6 Å². The Hall–Kier alpha value is -3.51. The first kappa shape index (κ1) is 33.0. The van der Waals surface area contributed by atoms with Crippen molar-refractivity contribution in [2.75, 3.05) is 13.2 Å². The van der Waals surface area contributed by atoms with E-state index in [0.29, 0.717) is 25.1 Å². The van der Waals surface area contributed by atoms with E-state index >= 15 is 0 Å². The van der Waals surface area contributed by atoms with Gasteiger partial charge in [0.2, 0.25) is 0 Å². The fourth-order valence-electron chi connectivity index (χ4n) is 4.63. The van der Waals surface area contributed by atoms with Gasteiger partial charge in [-0.05, 0) is 50.3 Å². The zero-order valence-corrected chi connectivity index (χ0v) is 24.0. The molecule has 0 spiro atoms. The minimum atomic E-state index is -3.24. The number of aliphatic imine (C=N–C) groups is 1. The summed E-state index contributed by atoms with van der Waals surface area (Å²) in [6.45, 7) is 0.583. The van der Waals surface area contributed by atoms with Gasteiger partial charge in [-0.25, -0.2) is 17.6 Å². The third kappa shape index (κ3) is 8.51. The van der Waals surface area contributed by atoms with E-state index in [0.717, 1.165) is 29.4 Å². The molecular weight excluding hydrogens is 603 g/mol. The van der Waals surface area contributed by atoms with Crippen molar-refractivity contribution in [3.8, 4) is 0 Å². The number of ketones is 1. The summed E-state index contributed by atoms with van der Waals surface area (Å²) in [5.74, 6) is -4.58. The molecule has 2 aromatic rings. The summed E-state index contributed by atoms with van der Waals surface area (Å²) in [6, 6.07) is 1.83. The number of alkyl halides is 2. The van der Waals surface area contributed by atoms with Crippen molar-refractivity contribution in [1.82, 2.24) is 9.88 Å². The predicted octanol–water partition coefficient (Wildman–Crippen LogP) is 5.55. The van der Waals surface area contributed by atoms with Crippen molar-refractivity contribution < 1.29 is 36.7 Å². The minimum Gasteiger partial charge on any atom is -0.466 e. The molecule has 1 saturated carbocycles. The number of pyridine rings is 1. The van der Waals surface area contributed by atoms with Crippen molar-refractivity contribution in [1.29, 1.82) is 0 Å². The molecule has 1 fully saturated rings. The first-order chi connectivity index (χ1) is 19.9. The minimum absolute atomic E-state index is 0.0650. The normalized spacial score (nSPS) is 17.7. The molecule has 3 rings (SSSR count). The first-order valence-corrected chi connectivity index (χ1v) is 13.7. The Morgan fingerprint density at radius 2 is 1.69 bits per heavy atom. The Labute approximate surface area is 249 Å². The van der Waals surface area contributed by atoms with Gasteiger partial charge < -0.3 is 15.4 Å². The summed E-state index contributed by atoms with van der Waals surface area (Å²) >= 11 is 12.2. The van der Waals surface area contributed by atoms with Crippen LogP contribution in [0.5, 0.6) is 0 Å². The van der Waals surface area contributed by atoms with Gasteiger partial charge in [-0.2, -0.15) is 0 Å². The zero-order valence-electron chi connectivity index (χ0n) is 22.5. The number of aromatic nitrogens is 1. The van der Waals surface area contributed by atoms with Gasteiger partial charge in [0.05, 0.1) is 46.3 Å². The number of carbonyl (C=O) groups excluding carboxylic acids is 3. The third-order valence-corrected chi connectivity index (χ3v) is 7.14. The Balaban J connectivity index is 1.93. The van der Waals surface area contributed by atoms with E-state index in [2.05, 4.69) is 9.98 Å². The Morgan fingerprint density at radius 3 is 2.21 bits per heavy atom. The maximum absolute atomic E-state index is 14.3. The van der Waals surface area contributed by atoms with Crippen molar-refractivity contribution in [3.05, 3.63) is 75.2 Å². The van der Waals surface area contributed by atoms with Gasteiger partial charge in [0.1, 0.15) is 17.3 Å². The lowest BCUT2D eigenvalue weighted by atomic mass is 9.86. The van der Waals surface area contributed by atoms with Crippen LogP contribution in [0.2, 0.25) is 10.0 Å². The molecular formula is C28H28Cl2F4N4O4. The number of hydrogen-bond acceptors (Lipinski definition) is 7. The molecule has 8 nitrogen and oxygen atoms in total. The number of carbonyl (C=O) groups is 3. The van der Waals surface area contributed by atoms with Crippen molar-refractivity contribution in [3.63, 3.8) is 0 Å². The van der Waals surface area contributed by atoms with E-state index < -0.39 is 60.2 Å². The zero-order chi connectivity index (χ0) is 31.0. The van der Waals surface area contributed by atoms with E-state index in [1.54, 1.807) is 6.92 Å². The first-order valence-electron chi connectivity index (χ1n) is 13.0. The highest BCUT2D eigenvalue weighted by atomic mass is 35.5. The van der Waals surface area contributed by atoms with E-state index in [1.807, 2.05) is 0 Å². The van der Waals surface area contributed by atoms with Gasteiger partial charge >= 0.3 is 5.97 Å². The molecule has 0 unspecified atom stereocenters. The lowest BCUT2D eigenvalue weighted by Crippen LogP contribution is -2.40. The van der Waals surface area contributed by atoms with E-state index in [-0.39, 0.29) is 52.5 Å². The van der Waals surface area contributed by atoms with Crippen molar-refractivity contribution in [2.45, 2.75) is 51.6 Å². The van der Waals surface area contributed by atoms with Crippen LogP contribution in [0.25, 0.3) is 0 Å². The van der Waals surface area contributed by atoms with Crippen LogP contribution < -0.4 is 5.73 Å². The maximum atomic E-state index is 14.3. The Kier molecular flexibility index (Phi) is 11.9. The Morgan fingerprint density at radius 1 is 1.10 bits per heavy atom. The van der Waals surface area contributed by atoms with Crippen LogP contribution >= 0.6 is 23.2 Å². The molecule has 1 heterocycles. The third-order valence-electron chi connectivity index (χ3n) is 6.57. The van der Waals surface area contributed by atoms with Gasteiger partial charge in [0.25, 0.3) is 12.3 Å². The number of halogens is 6. The van der Waals surface area contributed by atoms with Crippen LogP contribution in [0.4, 0.5) is 17.6 Å². The molecule has 2 N–H and O–H groups in total. The molecule has 226 valence electrons. The molecule has 1 amide bonds. The topological polar surface area (TPSA) is 115 Å². The molecule has 0 atom stereocenters. The van der Waals surface area contributed by atoms with Gasteiger partial charge in [0.15, 0.2) is 5.78 Å². The molecule has 0 bridgehead atoms. The summed E-state index contributed by atoms with van der Waals surface area (Å²) < 4.78 is 61.5. The van der Waals surface area contributed by atoms with E-state index in [1.165, 1.54) is 0 Å². The van der Waals surface area contributed by atoms with Crippen LogP contribution in [0.3, 0.4) is 0 Å². The van der Waals surface area contributed by atoms with E-state index in [4.69, 9.17) is 33.7 Å². The number of benzene rings is 1. The second-order valence-electron chi connectivity index (χ2n) is 9.49. The fraction of sp³-hybridized carbons (Fsp3) is 0.393. The van der Waals surface area contributed by atoms with Crippen LogP contribution in [0.1, 0.15) is 48.5 Å². The number of rotatable bonds is 11. The highest BCUT2D eigenvalue weighted by molar-refractivity contribution is 6.39. The van der Waals surface area contributed by atoms with Crippen LogP contribution in [0.15, 0.2) is 47.4 Å². The SMILES string of the molecule is CCOC(=O)C1CCC(N=C(C(=CN)C(=O)N(CC(=O)c2c(Cl)cncc2Cl)Cc2cc(F)cc(F)c2)C(F)F)CC1. The van der Waals surface area contributed by atoms with Crippen molar-refractivity contribution in [2.24, 2.45) is 16.6 Å². The average molecular weight is 631 g/mol. The molecule has 0 radical (unpaired) electrons. The van der Waals surface area contributed by atoms with Gasteiger partial charge in [0, 0.05) is 31.2 Å². The molecule has 1 aliphatic rings. The second-order valence-corrected chi connectivity index (χ2v) is 10.3. The number of amides is 1. The van der Waals surface area contributed by atoms with Gasteiger partial charge in [-0.1, -0.05) is 23.2 Å². The number of nitrogens with two attached hydrogens (primary N) is 1. The molecule has 14 heteroatoms. The molecule has 42 heavy (non-hydrogen) atoms. The fourth-order valence-corrected chi connectivity index (χ4v) is 5.21. The van der Waals surface area contributed by atoms with Gasteiger partial charge in [-0.15, -0.1) is 0 Å². The highest BCUT2D eigenvalue weighted by Crippen LogP contribution is 2.29. The van der Waals surface area contributed by atoms with Crippen LogP contribution in [-0.4, -0.2) is 58.9 Å². The standard InChI is InChI=1S/C28H28Cl2F4N4O4/c1-2-42-28(41)16-3-5-19(6-4-16)37-25(26(33)34)20(10-35)27(40)38(13-15-7-17(31)9-18(32)8-15)14-23(39)24-21(29)11-36-12-22(24)30/h7-12,16,19,26H,2-6,13-14,35H2,1H3. The Bertz CT molecular complexity index is 1340. The molecule has 1 aromatic carbocycles. The lowest BCUT2D eigenvalue weighted by molar-refractivity contribution is -0.149. The molecule has 0 aliphatic heterocycles. The van der Waals surface area contributed by atoms with E-state index in [9.17, 15) is 31.9 Å². The number of nitrogens with zero attached hydrogens (tertiary/aromatic N) is 3. The summed E-state index contributed by atoms with van der Waals surface area (Å²) in [6.07, 6.45) is 1.01. The average Bonchev–Trinajstić information content (AvgIpc) is 2.92. The quantitative estimate of drug-likeness (QED) is 0.114. The van der Waals surface area contributed by atoms with Gasteiger partial charge in [-0.3, -0.25) is 24.4 Å². The van der Waals surface area contributed by atoms with Crippen LogP contribution in [-0.2, 0) is 20.9 Å². The number of esters is 1. The predicted molar refractivity (Wildman–Crippen MR) is 148 cm³/mol. The second kappa shape index (κ2) is 15.1. The molecule has 1 aromatic heterocycles. The summed E-state index contributed by atoms with van der Waals surface area (Å²) in [5.41, 5.74) is 3.78. The monoisotopic (exact) mass is 630 g/mol. The summed E-state index contributed by atoms with van der Waals surface area (Å²) in [5, 5.41) is -0.251. The number of hydrogen-bond donors (Lipinski definition) is 1. The molecule has 1 aliphatic carbocycles. The largest absolute Gasteiger partial charge is 0.466 e. The van der Waals surface area contributed by atoms with Crippen LogP contribution in [0, 0.1) is 17.6 Å². The highest BCUT2D eigenvalue weighted by Gasteiger charge is 2.33. The lowest BCUT2D eigenvalue weighted by Gasteiger charge is -2.27. The molecule has 0 saturated heterocycles. The smallest absolute Gasteiger partial charge is 0.308 e. The number of ether oxygens (including phenoxy) is 1. The number of Topliss-reactive ketones (excluding diaryl/α,β-unsaturated/α-hetero) is 1. The summed E-state index contributed by atoms with van der Waals surface area (Å²) in [7, 11) is 0. The summed E-state index contributed by atoms with van der Waals surface area (Å²) in [4.78, 5) is 47.5.